The Hall–Kier alpha value is -3.40. The maximum absolute atomic E-state index is 12.9. The number of hydrogen-bond acceptors (Lipinski definition) is 7. The summed E-state index contributed by atoms with van der Waals surface area (Å²) in [5.41, 5.74) is 0.624. The van der Waals surface area contributed by atoms with Crippen LogP contribution in [0.4, 0.5) is 21.7 Å². The second kappa shape index (κ2) is 6.72. The van der Waals surface area contributed by atoms with E-state index in [1.54, 1.807) is 18.2 Å². The van der Waals surface area contributed by atoms with Gasteiger partial charge in [-0.15, -0.1) is 10.2 Å². The third-order valence-electron chi connectivity index (χ3n) is 3.67. The van der Waals surface area contributed by atoms with Crippen molar-refractivity contribution in [1.29, 1.82) is 0 Å². The van der Waals surface area contributed by atoms with Gasteiger partial charge in [0.15, 0.2) is 23.1 Å². The molecule has 1 aliphatic heterocycles. The van der Waals surface area contributed by atoms with Crippen molar-refractivity contribution in [2.24, 2.45) is 0 Å². The van der Waals surface area contributed by atoms with E-state index in [1.807, 2.05) is 0 Å². The van der Waals surface area contributed by atoms with Gasteiger partial charge >= 0.3 is 0 Å². The summed E-state index contributed by atoms with van der Waals surface area (Å²) in [6.45, 7) is 0.0558. The fourth-order valence-electron chi connectivity index (χ4n) is 2.38. The summed E-state index contributed by atoms with van der Waals surface area (Å²) in [6, 6.07) is 13.0. The molecule has 138 valence electrons. The van der Waals surface area contributed by atoms with Gasteiger partial charge < -0.3 is 14.8 Å². The minimum Gasteiger partial charge on any atom is -0.454 e. The monoisotopic (exact) mass is 388 g/mol. The maximum Gasteiger partial charge on any atom is 0.263 e. The van der Waals surface area contributed by atoms with Crippen LogP contribution in [0.1, 0.15) is 0 Å². The summed E-state index contributed by atoms with van der Waals surface area (Å²) >= 11 is 0. The van der Waals surface area contributed by atoms with Crippen LogP contribution in [0.5, 0.6) is 11.5 Å². The average Bonchev–Trinajstić information content (AvgIpc) is 3.13. The number of sulfonamides is 1. The van der Waals surface area contributed by atoms with Crippen LogP contribution in [0.15, 0.2) is 59.5 Å². The number of benzene rings is 2. The van der Waals surface area contributed by atoms with Crippen LogP contribution >= 0.6 is 0 Å². The molecule has 1 aliphatic rings. The largest absolute Gasteiger partial charge is 0.454 e. The van der Waals surface area contributed by atoms with E-state index in [2.05, 4.69) is 20.2 Å². The lowest BCUT2D eigenvalue weighted by Gasteiger charge is -2.09. The van der Waals surface area contributed by atoms with E-state index >= 15 is 0 Å². The molecular weight excluding hydrogens is 375 g/mol. The molecule has 0 fully saturated rings. The van der Waals surface area contributed by atoms with Crippen molar-refractivity contribution in [2.45, 2.75) is 4.90 Å². The highest BCUT2D eigenvalue weighted by molar-refractivity contribution is 7.92. The molecule has 4 rings (SSSR count). The summed E-state index contributed by atoms with van der Waals surface area (Å²) < 4.78 is 50.6. The number of nitrogens with zero attached hydrogens (tertiary/aromatic N) is 2. The van der Waals surface area contributed by atoms with Gasteiger partial charge in [-0.25, -0.2) is 12.8 Å². The number of fused-ring (bicyclic) bond motifs is 1. The van der Waals surface area contributed by atoms with Crippen molar-refractivity contribution in [3.63, 3.8) is 0 Å². The average molecular weight is 388 g/mol. The van der Waals surface area contributed by atoms with Gasteiger partial charge in [-0.1, -0.05) is 0 Å². The zero-order chi connectivity index (χ0) is 18.9. The van der Waals surface area contributed by atoms with Crippen molar-refractivity contribution < 1.29 is 22.3 Å². The molecule has 0 spiro atoms. The summed E-state index contributed by atoms with van der Waals surface area (Å²) in [6.07, 6.45) is 0. The number of anilines is 3. The second-order valence-corrected chi connectivity index (χ2v) is 7.24. The Morgan fingerprint density at radius 2 is 1.59 bits per heavy atom. The Bertz CT molecular complexity index is 1070. The number of ether oxygens (including phenoxy) is 2. The minimum atomic E-state index is -3.86. The third-order valence-corrected chi connectivity index (χ3v) is 5.03. The molecule has 0 saturated carbocycles. The standard InChI is InChI=1S/C17H13FN4O4S/c18-11-1-3-12(4-2-11)19-16-7-8-17(21-20-16)22-27(23,24)13-5-6-14-15(9-13)26-10-25-14/h1-9H,10H2,(H,19,20)(H,21,22). The third kappa shape index (κ3) is 3.75. The molecule has 8 nitrogen and oxygen atoms in total. The molecule has 3 aromatic rings. The summed E-state index contributed by atoms with van der Waals surface area (Å²) in [4.78, 5) is 0.0158. The topological polar surface area (TPSA) is 102 Å². The van der Waals surface area contributed by atoms with Crippen molar-refractivity contribution in [3.8, 4) is 11.5 Å². The second-order valence-electron chi connectivity index (χ2n) is 5.56. The van der Waals surface area contributed by atoms with Gasteiger partial charge in [-0.2, -0.15) is 0 Å². The molecule has 0 radical (unpaired) electrons. The van der Waals surface area contributed by atoms with Crippen molar-refractivity contribution >= 4 is 27.3 Å². The van der Waals surface area contributed by atoms with Crippen LogP contribution in [0, 0.1) is 5.82 Å². The molecular formula is C17H13FN4O4S. The van der Waals surface area contributed by atoms with Crippen LogP contribution in [0.2, 0.25) is 0 Å². The quantitative estimate of drug-likeness (QED) is 0.693. The van der Waals surface area contributed by atoms with Gasteiger partial charge in [-0.05, 0) is 48.5 Å². The van der Waals surface area contributed by atoms with Crippen LogP contribution in [0.25, 0.3) is 0 Å². The lowest BCUT2D eigenvalue weighted by atomic mass is 10.3. The van der Waals surface area contributed by atoms with E-state index in [0.29, 0.717) is 23.0 Å². The van der Waals surface area contributed by atoms with Crippen LogP contribution in [0.3, 0.4) is 0 Å². The van der Waals surface area contributed by atoms with E-state index in [9.17, 15) is 12.8 Å². The fourth-order valence-corrected chi connectivity index (χ4v) is 3.39. The molecule has 0 unspecified atom stereocenters. The molecule has 0 atom stereocenters. The van der Waals surface area contributed by atoms with Crippen molar-refractivity contribution in [1.82, 2.24) is 10.2 Å². The van der Waals surface area contributed by atoms with Crippen molar-refractivity contribution in [2.75, 3.05) is 16.8 Å². The Kier molecular flexibility index (Phi) is 4.24. The molecule has 2 heterocycles. The van der Waals surface area contributed by atoms with Gasteiger partial charge in [0.25, 0.3) is 10.0 Å². The predicted octanol–water partition coefficient (Wildman–Crippen LogP) is 2.89. The SMILES string of the molecule is O=S(=O)(Nc1ccc(Nc2ccc(F)cc2)nn1)c1ccc2c(c1)OCO2. The Morgan fingerprint density at radius 1 is 0.889 bits per heavy atom. The van der Waals surface area contributed by atoms with E-state index < -0.39 is 10.0 Å². The molecule has 10 heteroatoms. The lowest BCUT2D eigenvalue weighted by molar-refractivity contribution is 0.174. The van der Waals surface area contributed by atoms with Crippen molar-refractivity contribution in [3.05, 3.63) is 60.4 Å². The molecule has 0 amide bonds. The highest BCUT2D eigenvalue weighted by Crippen LogP contribution is 2.34. The molecule has 2 aromatic carbocycles. The predicted molar refractivity (Wildman–Crippen MR) is 95.1 cm³/mol. The first-order valence-corrected chi connectivity index (χ1v) is 9.27. The molecule has 1 aromatic heterocycles. The first kappa shape index (κ1) is 17.0. The fraction of sp³-hybridized carbons (Fsp3) is 0.0588. The number of hydrogen-bond donors (Lipinski definition) is 2. The molecule has 2 N–H and O–H groups in total. The van der Waals surface area contributed by atoms with E-state index in [-0.39, 0.29) is 23.3 Å². The Morgan fingerprint density at radius 3 is 2.33 bits per heavy atom. The maximum atomic E-state index is 12.9. The lowest BCUT2D eigenvalue weighted by Crippen LogP contribution is -2.14. The zero-order valence-electron chi connectivity index (χ0n) is 13.7. The zero-order valence-corrected chi connectivity index (χ0v) is 14.5. The highest BCUT2D eigenvalue weighted by Gasteiger charge is 2.20. The van der Waals surface area contributed by atoms with Crippen LogP contribution < -0.4 is 19.5 Å². The number of halogens is 1. The molecule has 0 saturated heterocycles. The van der Waals surface area contributed by atoms with Crippen LogP contribution in [-0.2, 0) is 10.0 Å². The highest BCUT2D eigenvalue weighted by atomic mass is 32.2. The van der Waals surface area contributed by atoms with E-state index in [1.165, 1.54) is 36.4 Å². The summed E-state index contributed by atoms with van der Waals surface area (Å²) in [5.74, 6) is 0.942. The van der Waals surface area contributed by atoms with Crippen LogP contribution in [-0.4, -0.2) is 25.4 Å². The van der Waals surface area contributed by atoms with Gasteiger partial charge in [0.2, 0.25) is 6.79 Å². The normalized spacial score (nSPS) is 12.6. The molecule has 0 aliphatic carbocycles. The number of rotatable bonds is 5. The smallest absolute Gasteiger partial charge is 0.263 e. The number of aromatic nitrogens is 2. The Balaban J connectivity index is 1.48. The summed E-state index contributed by atoms with van der Waals surface area (Å²) in [5, 5.41) is 10.7. The van der Waals surface area contributed by atoms with E-state index in [0.717, 1.165) is 0 Å². The van der Waals surface area contributed by atoms with E-state index in [4.69, 9.17) is 9.47 Å². The summed E-state index contributed by atoms with van der Waals surface area (Å²) in [7, 11) is -3.86. The molecule has 27 heavy (non-hydrogen) atoms. The first-order chi connectivity index (χ1) is 13.0. The van der Waals surface area contributed by atoms with Gasteiger partial charge in [0.05, 0.1) is 4.90 Å². The first-order valence-electron chi connectivity index (χ1n) is 7.78. The number of nitrogens with one attached hydrogen (secondary N) is 2. The minimum absolute atomic E-state index is 0.0158. The van der Waals surface area contributed by atoms with Gasteiger partial charge in [0.1, 0.15) is 5.82 Å². The molecule has 0 bridgehead atoms. The van der Waals surface area contributed by atoms with Gasteiger partial charge in [-0.3, -0.25) is 4.72 Å². The van der Waals surface area contributed by atoms with Gasteiger partial charge in [0, 0.05) is 11.8 Å². The Labute approximate surface area is 154 Å².